The van der Waals surface area contributed by atoms with Crippen LogP contribution in [0.4, 0.5) is 4.79 Å². The van der Waals surface area contributed by atoms with Crippen LogP contribution in [0.2, 0.25) is 5.02 Å². The van der Waals surface area contributed by atoms with Crippen LogP contribution in [0.3, 0.4) is 0 Å². The van der Waals surface area contributed by atoms with Crippen molar-refractivity contribution in [1.82, 2.24) is 5.32 Å². The maximum atomic E-state index is 11.5. The van der Waals surface area contributed by atoms with Gasteiger partial charge in [-0.15, -0.1) is 0 Å². The van der Waals surface area contributed by atoms with Gasteiger partial charge in [-0.3, -0.25) is 0 Å². The second kappa shape index (κ2) is 8.47. The van der Waals surface area contributed by atoms with Crippen LogP contribution in [-0.2, 0) is 11.3 Å². The van der Waals surface area contributed by atoms with Gasteiger partial charge >= 0.3 is 6.09 Å². The first kappa shape index (κ1) is 16.4. The molecule has 2 rings (SSSR count). The number of benzene rings is 2. The smallest absolute Gasteiger partial charge is 0.408 e. The molecule has 0 spiro atoms. The Morgan fingerprint density at radius 2 is 2.00 bits per heavy atom. The van der Waals surface area contributed by atoms with Gasteiger partial charge < -0.3 is 10.1 Å². The van der Waals surface area contributed by atoms with Crippen LogP contribution in [-0.4, -0.2) is 12.6 Å². The van der Waals surface area contributed by atoms with E-state index in [1.165, 1.54) is 0 Å². The van der Waals surface area contributed by atoms with E-state index in [0.717, 1.165) is 15.6 Å². The lowest BCUT2D eigenvalue weighted by Crippen LogP contribution is -2.24. The molecule has 0 bridgehead atoms. The number of hydrogen-bond acceptors (Lipinski definition) is 2. The highest BCUT2D eigenvalue weighted by Crippen LogP contribution is 2.19. The van der Waals surface area contributed by atoms with Crippen LogP contribution in [0, 0.1) is 11.8 Å². The summed E-state index contributed by atoms with van der Waals surface area (Å²) in [5.74, 6) is 5.78. The minimum atomic E-state index is -0.497. The van der Waals surface area contributed by atoms with E-state index in [4.69, 9.17) is 16.3 Å². The first-order chi connectivity index (χ1) is 10.6. The van der Waals surface area contributed by atoms with Crippen LogP contribution in [0.15, 0.2) is 53.0 Å². The highest BCUT2D eigenvalue weighted by Gasteiger charge is 2.00. The van der Waals surface area contributed by atoms with Gasteiger partial charge in [-0.2, -0.15) is 0 Å². The Kier molecular flexibility index (Phi) is 6.32. The summed E-state index contributed by atoms with van der Waals surface area (Å²) < 4.78 is 5.93. The number of amides is 1. The van der Waals surface area contributed by atoms with Gasteiger partial charge in [0.1, 0.15) is 6.61 Å². The molecule has 0 radical (unpaired) electrons. The summed E-state index contributed by atoms with van der Waals surface area (Å²) in [7, 11) is 0. The van der Waals surface area contributed by atoms with Gasteiger partial charge in [-0.05, 0) is 39.7 Å². The number of ether oxygens (including phenoxy) is 1. The molecule has 0 atom stereocenters. The Labute approximate surface area is 142 Å². The molecule has 0 aromatic heterocycles. The summed E-state index contributed by atoms with van der Waals surface area (Å²) in [4.78, 5) is 11.5. The fourth-order valence-corrected chi connectivity index (χ4v) is 2.14. The maximum Gasteiger partial charge on any atom is 0.408 e. The number of carbonyl (C=O) groups is 1. The van der Waals surface area contributed by atoms with E-state index in [-0.39, 0.29) is 13.2 Å². The molecule has 3 nitrogen and oxygen atoms in total. The molecule has 1 N–H and O–H groups in total. The molecule has 1 amide bonds. The van der Waals surface area contributed by atoms with Crippen molar-refractivity contribution < 1.29 is 9.53 Å². The predicted molar refractivity (Wildman–Crippen MR) is 90.7 cm³/mol. The molecule has 2 aromatic rings. The van der Waals surface area contributed by atoms with E-state index < -0.39 is 6.09 Å². The third-order valence-electron chi connectivity index (χ3n) is 2.69. The van der Waals surface area contributed by atoms with E-state index >= 15 is 0 Å². The largest absolute Gasteiger partial charge is 0.445 e. The summed E-state index contributed by atoms with van der Waals surface area (Å²) >= 11 is 9.29. The number of carbonyl (C=O) groups excluding carboxylic acids is 1. The fraction of sp³-hybridized carbons (Fsp3) is 0.118. The van der Waals surface area contributed by atoms with Crippen LogP contribution >= 0.6 is 27.5 Å². The number of hydrogen-bond donors (Lipinski definition) is 1. The molecule has 112 valence electrons. The van der Waals surface area contributed by atoms with E-state index in [1.54, 1.807) is 12.1 Å². The molecule has 22 heavy (non-hydrogen) atoms. The summed E-state index contributed by atoms with van der Waals surface area (Å²) in [5.41, 5.74) is 1.71. The van der Waals surface area contributed by atoms with Crippen LogP contribution in [0.25, 0.3) is 0 Å². The highest BCUT2D eigenvalue weighted by molar-refractivity contribution is 9.10. The van der Waals surface area contributed by atoms with Crippen molar-refractivity contribution in [3.63, 3.8) is 0 Å². The van der Waals surface area contributed by atoms with Crippen molar-refractivity contribution in [2.24, 2.45) is 0 Å². The monoisotopic (exact) mass is 377 g/mol. The molecular formula is C17H13BrClNO2. The maximum absolute atomic E-state index is 11.5. The van der Waals surface area contributed by atoms with E-state index in [2.05, 4.69) is 33.1 Å². The first-order valence-corrected chi connectivity index (χ1v) is 7.71. The fourth-order valence-electron chi connectivity index (χ4n) is 1.62. The molecule has 2 aromatic carbocycles. The molecule has 0 saturated heterocycles. The quantitative estimate of drug-likeness (QED) is 0.805. The average molecular weight is 379 g/mol. The zero-order valence-electron chi connectivity index (χ0n) is 11.6. The predicted octanol–water partition coefficient (Wildman–Crippen LogP) is 4.38. The van der Waals surface area contributed by atoms with Gasteiger partial charge in [0.2, 0.25) is 0 Å². The van der Waals surface area contributed by atoms with Gasteiger partial charge in [-0.1, -0.05) is 53.8 Å². The van der Waals surface area contributed by atoms with Crippen molar-refractivity contribution in [2.45, 2.75) is 6.61 Å². The Balaban J connectivity index is 1.78. The van der Waals surface area contributed by atoms with E-state index in [1.807, 2.05) is 36.4 Å². The molecule has 0 fully saturated rings. The minimum Gasteiger partial charge on any atom is -0.445 e. The number of halogens is 2. The Hall–Kier alpha value is -1.96. The molecular weight excluding hydrogens is 366 g/mol. The number of nitrogens with one attached hydrogen (secondary N) is 1. The van der Waals surface area contributed by atoms with Crippen molar-refractivity contribution in [2.75, 3.05) is 6.54 Å². The van der Waals surface area contributed by atoms with Gasteiger partial charge in [-0.25, -0.2) is 4.79 Å². The second-order valence-corrected chi connectivity index (χ2v) is 5.63. The minimum absolute atomic E-state index is 0.201. The van der Waals surface area contributed by atoms with Gasteiger partial charge in [0.15, 0.2) is 0 Å². The number of rotatable bonds is 3. The molecule has 0 heterocycles. The van der Waals surface area contributed by atoms with Crippen LogP contribution in [0.5, 0.6) is 0 Å². The Morgan fingerprint density at radius 3 is 2.77 bits per heavy atom. The molecule has 0 unspecified atom stereocenters. The zero-order valence-corrected chi connectivity index (χ0v) is 13.9. The molecule has 0 aliphatic carbocycles. The lowest BCUT2D eigenvalue weighted by Gasteiger charge is -2.04. The molecule has 0 aliphatic rings. The van der Waals surface area contributed by atoms with Gasteiger partial charge in [0.05, 0.1) is 6.54 Å². The number of alkyl carbamates (subject to hydrolysis) is 1. The lowest BCUT2D eigenvalue weighted by molar-refractivity contribution is 0.141. The molecule has 0 saturated carbocycles. The zero-order chi connectivity index (χ0) is 15.8. The summed E-state index contributed by atoms with van der Waals surface area (Å²) in [5, 5.41) is 3.19. The van der Waals surface area contributed by atoms with Crippen molar-refractivity contribution in [1.29, 1.82) is 0 Å². The third-order valence-corrected chi connectivity index (χ3v) is 3.61. The van der Waals surface area contributed by atoms with Crippen LogP contribution < -0.4 is 5.32 Å². The standard InChI is InChI=1S/C17H13BrClNO2/c18-16-9-8-15(19)11-14(16)7-4-10-20-17(21)22-12-13-5-2-1-3-6-13/h1-3,5-6,8-9,11H,10,12H2,(H,20,21). The second-order valence-electron chi connectivity index (χ2n) is 4.34. The van der Waals surface area contributed by atoms with Crippen molar-refractivity contribution in [3.8, 4) is 11.8 Å². The van der Waals surface area contributed by atoms with E-state index in [0.29, 0.717) is 5.02 Å². The van der Waals surface area contributed by atoms with Gasteiger partial charge in [0.25, 0.3) is 0 Å². The highest BCUT2D eigenvalue weighted by atomic mass is 79.9. The Morgan fingerprint density at radius 1 is 1.23 bits per heavy atom. The van der Waals surface area contributed by atoms with Crippen molar-refractivity contribution in [3.05, 3.63) is 69.2 Å². The van der Waals surface area contributed by atoms with E-state index in [9.17, 15) is 4.79 Å². The third kappa shape index (κ3) is 5.44. The lowest BCUT2D eigenvalue weighted by atomic mass is 10.2. The first-order valence-electron chi connectivity index (χ1n) is 6.53. The van der Waals surface area contributed by atoms with Gasteiger partial charge in [0, 0.05) is 15.1 Å². The summed E-state index contributed by atoms with van der Waals surface area (Å²) in [6.07, 6.45) is -0.497. The molecule has 0 aliphatic heterocycles. The topological polar surface area (TPSA) is 38.3 Å². The van der Waals surface area contributed by atoms with Crippen molar-refractivity contribution >= 4 is 33.6 Å². The molecule has 5 heteroatoms. The Bertz CT molecular complexity index is 708. The average Bonchev–Trinajstić information content (AvgIpc) is 2.53. The normalized spacial score (nSPS) is 9.55. The summed E-state index contributed by atoms with van der Waals surface area (Å²) in [6, 6.07) is 14.8. The summed E-state index contributed by atoms with van der Waals surface area (Å²) in [6.45, 7) is 0.437. The van der Waals surface area contributed by atoms with Crippen LogP contribution in [0.1, 0.15) is 11.1 Å². The SMILES string of the molecule is O=C(NCC#Cc1cc(Cl)ccc1Br)OCc1ccccc1.